The normalized spacial score (nSPS) is 17.8. The second-order valence-corrected chi connectivity index (χ2v) is 9.98. The molecule has 2 heterocycles. The molecule has 0 saturated carbocycles. The first-order chi connectivity index (χ1) is 14.7. The van der Waals surface area contributed by atoms with Crippen LogP contribution in [0.3, 0.4) is 0 Å². The Morgan fingerprint density at radius 1 is 1.10 bits per heavy atom. The molecular formula is C21H21N3O5S2. The van der Waals surface area contributed by atoms with Gasteiger partial charge >= 0.3 is 0 Å². The number of fused-ring (bicyclic) bond motifs is 1. The van der Waals surface area contributed by atoms with Crippen molar-refractivity contribution in [3.8, 4) is 22.8 Å². The zero-order valence-corrected chi connectivity index (χ0v) is 18.7. The molecule has 0 bridgehead atoms. The van der Waals surface area contributed by atoms with Crippen molar-refractivity contribution in [1.82, 2.24) is 4.98 Å². The van der Waals surface area contributed by atoms with Crippen molar-refractivity contribution in [1.29, 1.82) is 0 Å². The van der Waals surface area contributed by atoms with Gasteiger partial charge in [-0.3, -0.25) is 14.4 Å². The van der Waals surface area contributed by atoms with E-state index in [2.05, 4.69) is 10.3 Å². The number of anilines is 2. The fourth-order valence-corrected chi connectivity index (χ4v) is 4.31. The van der Waals surface area contributed by atoms with Crippen LogP contribution in [-0.4, -0.2) is 44.8 Å². The quantitative estimate of drug-likeness (QED) is 0.628. The maximum atomic E-state index is 12.7. The van der Waals surface area contributed by atoms with Gasteiger partial charge in [-0.15, -0.1) is 11.3 Å². The summed E-state index contributed by atoms with van der Waals surface area (Å²) in [6.07, 6.45) is -0.0987. The molecule has 0 saturated heterocycles. The number of hydrogen-bond donors (Lipinski definition) is 1. The highest BCUT2D eigenvalue weighted by Crippen LogP contribution is 2.34. The molecule has 0 fully saturated rings. The molecule has 1 aliphatic heterocycles. The van der Waals surface area contributed by atoms with E-state index in [0.29, 0.717) is 28.0 Å². The predicted octanol–water partition coefficient (Wildman–Crippen LogP) is 3.37. The highest BCUT2D eigenvalue weighted by Gasteiger charge is 2.34. The van der Waals surface area contributed by atoms with Crippen LogP contribution < -0.4 is 19.1 Å². The fraction of sp³-hybridized carbons (Fsp3) is 0.238. The van der Waals surface area contributed by atoms with E-state index in [1.54, 1.807) is 43.3 Å². The molecule has 0 radical (unpaired) electrons. The zero-order valence-electron chi connectivity index (χ0n) is 17.1. The molecule has 0 unspecified atom stereocenters. The van der Waals surface area contributed by atoms with Crippen LogP contribution in [0.5, 0.6) is 11.5 Å². The van der Waals surface area contributed by atoms with Gasteiger partial charge in [0.25, 0.3) is 5.91 Å². The van der Waals surface area contributed by atoms with E-state index in [9.17, 15) is 13.2 Å². The van der Waals surface area contributed by atoms with Gasteiger partial charge in [-0.05, 0) is 31.2 Å². The van der Waals surface area contributed by atoms with Crippen molar-refractivity contribution in [3.63, 3.8) is 0 Å². The average Bonchev–Trinajstić information content (AvgIpc) is 3.20. The molecule has 31 heavy (non-hydrogen) atoms. The van der Waals surface area contributed by atoms with Crippen LogP contribution in [0.25, 0.3) is 11.3 Å². The van der Waals surface area contributed by atoms with E-state index < -0.39 is 22.2 Å². The fourth-order valence-electron chi connectivity index (χ4n) is 3.08. The second kappa shape index (κ2) is 8.20. The average molecular weight is 460 g/mol. The standard InChI is InChI=1S/C21H21N3O5S2/c1-13-19(29-18-7-5-4-6-17(18)28-13)20(25)23-21-22-16(12-30-21)14-8-10-15(11-9-14)24(2)31(3,26)27/h4-13,19H,1-3H3,(H,22,23,25)/t13-,19+/m0/s1. The second-order valence-electron chi connectivity index (χ2n) is 7.11. The van der Waals surface area contributed by atoms with Crippen LogP contribution in [0.15, 0.2) is 53.9 Å². The van der Waals surface area contributed by atoms with E-state index in [-0.39, 0.29) is 5.91 Å². The number of benzene rings is 2. The maximum Gasteiger partial charge on any atom is 0.271 e. The van der Waals surface area contributed by atoms with E-state index >= 15 is 0 Å². The van der Waals surface area contributed by atoms with Crippen molar-refractivity contribution >= 4 is 38.1 Å². The zero-order chi connectivity index (χ0) is 22.2. The summed E-state index contributed by atoms with van der Waals surface area (Å²) >= 11 is 1.29. The molecule has 4 rings (SSSR count). The Kier molecular flexibility index (Phi) is 5.59. The van der Waals surface area contributed by atoms with Crippen LogP contribution >= 0.6 is 11.3 Å². The summed E-state index contributed by atoms with van der Waals surface area (Å²) in [5, 5.41) is 5.05. The van der Waals surface area contributed by atoms with E-state index in [0.717, 1.165) is 11.8 Å². The third kappa shape index (κ3) is 4.49. The van der Waals surface area contributed by atoms with E-state index in [4.69, 9.17) is 9.47 Å². The predicted molar refractivity (Wildman–Crippen MR) is 120 cm³/mol. The largest absolute Gasteiger partial charge is 0.482 e. The van der Waals surface area contributed by atoms with Gasteiger partial charge < -0.3 is 9.47 Å². The summed E-state index contributed by atoms with van der Waals surface area (Å²) < 4.78 is 36.1. The first kappa shape index (κ1) is 21.1. The molecular weight excluding hydrogens is 438 g/mol. The third-order valence-electron chi connectivity index (χ3n) is 4.86. The molecule has 8 nitrogen and oxygen atoms in total. The van der Waals surface area contributed by atoms with Gasteiger partial charge in [0.05, 0.1) is 17.6 Å². The van der Waals surface area contributed by atoms with E-state index in [1.807, 2.05) is 17.5 Å². The van der Waals surface area contributed by atoms with Crippen LogP contribution in [0, 0.1) is 0 Å². The Bertz CT molecular complexity index is 1210. The number of nitrogens with one attached hydrogen (secondary N) is 1. The summed E-state index contributed by atoms with van der Waals surface area (Å²) in [4.78, 5) is 17.2. The highest BCUT2D eigenvalue weighted by molar-refractivity contribution is 7.92. The van der Waals surface area contributed by atoms with Gasteiger partial charge in [0.2, 0.25) is 16.1 Å². The Hall–Kier alpha value is -3.11. The molecule has 3 aromatic rings. The monoisotopic (exact) mass is 459 g/mol. The third-order valence-corrected chi connectivity index (χ3v) is 6.82. The van der Waals surface area contributed by atoms with Crippen LogP contribution in [-0.2, 0) is 14.8 Å². The first-order valence-electron chi connectivity index (χ1n) is 9.45. The summed E-state index contributed by atoms with van der Waals surface area (Å²) in [5.74, 6) is 0.799. The van der Waals surface area contributed by atoms with Gasteiger partial charge in [-0.1, -0.05) is 24.3 Å². The number of rotatable bonds is 5. The number of ether oxygens (including phenoxy) is 2. The number of amides is 1. The van der Waals surface area contributed by atoms with Crippen molar-refractivity contribution in [2.24, 2.45) is 0 Å². The minimum absolute atomic E-state index is 0.340. The lowest BCUT2D eigenvalue weighted by atomic mass is 10.1. The summed E-state index contributed by atoms with van der Waals surface area (Å²) in [5.41, 5.74) is 2.04. The van der Waals surface area contributed by atoms with Crippen molar-refractivity contribution in [2.75, 3.05) is 22.9 Å². The smallest absolute Gasteiger partial charge is 0.271 e. The molecule has 1 aromatic heterocycles. The first-order valence-corrected chi connectivity index (χ1v) is 12.2. The summed E-state index contributed by atoms with van der Waals surface area (Å²) in [6.45, 7) is 1.78. The Morgan fingerprint density at radius 2 is 1.74 bits per heavy atom. The lowest BCUT2D eigenvalue weighted by Crippen LogP contribution is -2.46. The van der Waals surface area contributed by atoms with E-state index in [1.165, 1.54) is 22.7 Å². The minimum Gasteiger partial charge on any atom is -0.482 e. The van der Waals surface area contributed by atoms with Gasteiger partial charge in [-0.2, -0.15) is 0 Å². The Balaban J connectivity index is 1.45. The molecule has 10 heteroatoms. The number of aromatic nitrogens is 1. The summed E-state index contributed by atoms with van der Waals surface area (Å²) in [7, 11) is -1.83. The molecule has 1 N–H and O–H groups in total. The van der Waals surface area contributed by atoms with Gasteiger partial charge in [0.1, 0.15) is 6.10 Å². The van der Waals surface area contributed by atoms with Crippen LogP contribution in [0.2, 0.25) is 0 Å². The van der Waals surface area contributed by atoms with Gasteiger partial charge in [0.15, 0.2) is 16.6 Å². The van der Waals surface area contributed by atoms with Gasteiger partial charge in [-0.25, -0.2) is 13.4 Å². The topological polar surface area (TPSA) is 97.8 Å². The number of carbonyl (C=O) groups excluding carboxylic acids is 1. The van der Waals surface area contributed by atoms with Crippen molar-refractivity contribution in [3.05, 3.63) is 53.9 Å². The molecule has 2 aromatic carbocycles. The lowest BCUT2D eigenvalue weighted by Gasteiger charge is -2.30. The number of hydrogen-bond acceptors (Lipinski definition) is 7. The lowest BCUT2D eigenvalue weighted by molar-refractivity contribution is -0.128. The Labute approximate surface area is 184 Å². The van der Waals surface area contributed by atoms with Gasteiger partial charge in [0, 0.05) is 18.0 Å². The van der Waals surface area contributed by atoms with Crippen LogP contribution in [0.1, 0.15) is 6.92 Å². The number of carbonyl (C=O) groups is 1. The SMILES string of the molecule is C[C@@H]1Oc2ccccc2O[C@H]1C(=O)Nc1nc(-c2ccc(N(C)S(C)(=O)=O)cc2)cs1. The molecule has 1 aliphatic rings. The molecule has 162 valence electrons. The van der Waals surface area contributed by atoms with Crippen molar-refractivity contribution < 1.29 is 22.7 Å². The van der Waals surface area contributed by atoms with Crippen LogP contribution in [0.4, 0.5) is 10.8 Å². The number of para-hydroxylation sites is 2. The molecule has 0 spiro atoms. The Morgan fingerprint density at radius 3 is 2.39 bits per heavy atom. The number of sulfonamides is 1. The minimum atomic E-state index is -3.33. The highest BCUT2D eigenvalue weighted by atomic mass is 32.2. The molecule has 0 aliphatic carbocycles. The maximum absolute atomic E-state index is 12.7. The van der Waals surface area contributed by atoms with Crippen molar-refractivity contribution in [2.45, 2.75) is 19.1 Å². The number of nitrogens with zero attached hydrogens (tertiary/aromatic N) is 2. The summed E-state index contributed by atoms with van der Waals surface area (Å²) in [6, 6.07) is 14.2. The molecule has 2 atom stereocenters. The number of thiazole rings is 1. The molecule has 1 amide bonds.